The van der Waals surface area contributed by atoms with Gasteiger partial charge in [-0.25, -0.2) is 9.97 Å². The Bertz CT molecular complexity index is 535. The molecule has 0 saturated carbocycles. The number of nitrogens with one attached hydrogen (secondary N) is 2. The summed E-state index contributed by atoms with van der Waals surface area (Å²) >= 11 is 0. The summed E-state index contributed by atoms with van der Waals surface area (Å²) in [7, 11) is 0. The Morgan fingerprint density at radius 2 is 2.00 bits per heavy atom. The molecular weight excluding hydrogens is 230 g/mol. The highest BCUT2D eigenvalue weighted by Crippen LogP contribution is 2.08. The van der Waals surface area contributed by atoms with Crippen LogP contribution < -0.4 is 16.6 Å². The van der Waals surface area contributed by atoms with Crippen LogP contribution in [0.3, 0.4) is 0 Å². The molecule has 0 aliphatic heterocycles. The molecule has 2 rings (SSSR count). The maximum Gasteiger partial charge on any atom is 0.275 e. The van der Waals surface area contributed by atoms with Crippen LogP contribution in [0.5, 0.6) is 0 Å². The average molecular weight is 243 g/mol. The molecule has 0 spiro atoms. The molecule has 6 heteroatoms. The van der Waals surface area contributed by atoms with E-state index in [-0.39, 0.29) is 5.91 Å². The SMILES string of the molecule is Cc1ccc(NC(=O)c2ccc(NN)cn2)nc1. The molecule has 2 aromatic heterocycles. The molecule has 0 aliphatic carbocycles. The molecular formula is C12H13N5O. The number of carbonyl (C=O) groups is 1. The van der Waals surface area contributed by atoms with Crippen molar-refractivity contribution in [3.8, 4) is 0 Å². The van der Waals surface area contributed by atoms with Crippen molar-refractivity contribution in [2.24, 2.45) is 5.84 Å². The first-order valence-electron chi connectivity index (χ1n) is 5.36. The van der Waals surface area contributed by atoms with Crippen LogP contribution in [-0.2, 0) is 0 Å². The highest BCUT2D eigenvalue weighted by atomic mass is 16.1. The smallest absolute Gasteiger partial charge is 0.275 e. The van der Waals surface area contributed by atoms with Gasteiger partial charge in [-0.15, -0.1) is 0 Å². The van der Waals surface area contributed by atoms with Crippen LogP contribution in [0, 0.1) is 6.92 Å². The molecule has 2 aromatic rings. The van der Waals surface area contributed by atoms with Gasteiger partial charge in [0.25, 0.3) is 5.91 Å². The van der Waals surface area contributed by atoms with Crippen molar-refractivity contribution in [3.63, 3.8) is 0 Å². The van der Waals surface area contributed by atoms with Crippen molar-refractivity contribution in [3.05, 3.63) is 47.9 Å². The number of hydrogen-bond acceptors (Lipinski definition) is 5. The van der Waals surface area contributed by atoms with Crippen LogP contribution in [-0.4, -0.2) is 15.9 Å². The maximum atomic E-state index is 11.8. The van der Waals surface area contributed by atoms with E-state index in [0.717, 1.165) is 5.56 Å². The van der Waals surface area contributed by atoms with Gasteiger partial charge < -0.3 is 10.7 Å². The van der Waals surface area contributed by atoms with Gasteiger partial charge in [-0.1, -0.05) is 6.07 Å². The molecule has 0 atom stereocenters. The number of aryl methyl sites for hydroxylation is 1. The molecule has 18 heavy (non-hydrogen) atoms. The van der Waals surface area contributed by atoms with E-state index in [1.54, 1.807) is 24.4 Å². The first-order chi connectivity index (χ1) is 8.69. The summed E-state index contributed by atoms with van der Waals surface area (Å²) < 4.78 is 0. The van der Waals surface area contributed by atoms with Crippen LogP contribution in [0.15, 0.2) is 36.7 Å². The Labute approximate surface area is 104 Å². The minimum Gasteiger partial charge on any atom is -0.323 e. The fourth-order valence-electron chi connectivity index (χ4n) is 1.34. The lowest BCUT2D eigenvalue weighted by atomic mass is 10.3. The summed E-state index contributed by atoms with van der Waals surface area (Å²) in [4.78, 5) is 19.9. The number of rotatable bonds is 3. The van der Waals surface area contributed by atoms with Crippen molar-refractivity contribution in [1.29, 1.82) is 0 Å². The first kappa shape index (κ1) is 12.0. The summed E-state index contributed by atoms with van der Waals surface area (Å²) in [5.41, 5.74) is 4.42. The minimum absolute atomic E-state index is 0.302. The average Bonchev–Trinajstić information content (AvgIpc) is 2.41. The first-order valence-corrected chi connectivity index (χ1v) is 5.36. The Morgan fingerprint density at radius 3 is 2.56 bits per heavy atom. The van der Waals surface area contributed by atoms with Crippen LogP contribution in [0.2, 0.25) is 0 Å². The third-order valence-electron chi connectivity index (χ3n) is 2.32. The molecule has 6 nitrogen and oxygen atoms in total. The standard InChI is InChI=1S/C12H13N5O/c1-8-2-5-11(15-6-8)16-12(18)10-4-3-9(17-13)7-14-10/h2-7,17H,13H2,1H3,(H,15,16,18). The maximum absolute atomic E-state index is 11.8. The Balaban J connectivity index is 2.09. The molecule has 0 aliphatic rings. The lowest BCUT2D eigenvalue weighted by Crippen LogP contribution is -2.15. The molecule has 0 fully saturated rings. The molecule has 92 valence electrons. The van der Waals surface area contributed by atoms with Gasteiger partial charge in [0.1, 0.15) is 11.5 Å². The second-order valence-electron chi connectivity index (χ2n) is 3.75. The Kier molecular flexibility index (Phi) is 3.49. The lowest BCUT2D eigenvalue weighted by Gasteiger charge is -2.04. The second kappa shape index (κ2) is 5.24. The van der Waals surface area contributed by atoms with Gasteiger partial charge in [0.15, 0.2) is 0 Å². The van der Waals surface area contributed by atoms with E-state index < -0.39 is 0 Å². The summed E-state index contributed by atoms with van der Waals surface area (Å²) in [6.07, 6.45) is 3.17. The zero-order valence-corrected chi connectivity index (χ0v) is 9.84. The summed E-state index contributed by atoms with van der Waals surface area (Å²) in [5.74, 6) is 5.40. The lowest BCUT2D eigenvalue weighted by molar-refractivity contribution is 0.102. The largest absolute Gasteiger partial charge is 0.323 e. The number of aromatic nitrogens is 2. The number of carbonyl (C=O) groups excluding carboxylic acids is 1. The third-order valence-corrected chi connectivity index (χ3v) is 2.32. The predicted octanol–water partition coefficient (Wildman–Crippen LogP) is 1.32. The number of hydrogen-bond donors (Lipinski definition) is 3. The fraction of sp³-hybridized carbons (Fsp3) is 0.0833. The summed E-state index contributed by atoms with van der Waals surface area (Å²) in [6.45, 7) is 1.93. The van der Waals surface area contributed by atoms with Gasteiger partial charge in [-0.2, -0.15) is 0 Å². The Hall–Kier alpha value is -2.47. The highest BCUT2D eigenvalue weighted by Gasteiger charge is 2.07. The molecule has 0 unspecified atom stereocenters. The normalized spacial score (nSPS) is 9.89. The number of pyridine rings is 2. The minimum atomic E-state index is -0.310. The van der Waals surface area contributed by atoms with E-state index in [1.165, 1.54) is 6.20 Å². The van der Waals surface area contributed by atoms with E-state index in [2.05, 4.69) is 20.7 Å². The predicted molar refractivity (Wildman–Crippen MR) is 69.0 cm³/mol. The molecule has 2 heterocycles. The molecule has 0 aromatic carbocycles. The zero-order chi connectivity index (χ0) is 13.0. The van der Waals surface area contributed by atoms with Gasteiger partial charge in [0.2, 0.25) is 0 Å². The van der Waals surface area contributed by atoms with E-state index >= 15 is 0 Å². The van der Waals surface area contributed by atoms with Crippen LogP contribution in [0.25, 0.3) is 0 Å². The van der Waals surface area contributed by atoms with Crippen molar-refractivity contribution in [2.75, 3.05) is 10.7 Å². The van der Waals surface area contributed by atoms with Gasteiger partial charge in [0, 0.05) is 6.20 Å². The molecule has 4 N–H and O–H groups in total. The second-order valence-corrected chi connectivity index (χ2v) is 3.75. The van der Waals surface area contributed by atoms with Gasteiger partial charge in [-0.05, 0) is 30.7 Å². The van der Waals surface area contributed by atoms with Crippen LogP contribution in [0.4, 0.5) is 11.5 Å². The zero-order valence-electron chi connectivity index (χ0n) is 9.84. The van der Waals surface area contributed by atoms with E-state index in [9.17, 15) is 4.79 Å². The number of nitrogen functional groups attached to an aromatic ring is 1. The van der Waals surface area contributed by atoms with E-state index in [0.29, 0.717) is 17.2 Å². The monoisotopic (exact) mass is 243 g/mol. The number of nitrogens with two attached hydrogens (primary N) is 1. The van der Waals surface area contributed by atoms with Crippen molar-refractivity contribution in [1.82, 2.24) is 9.97 Å². The molecule has 0 radical (unpaired) electrons. The molecule has 0 bridgehead atoms. The van der Waals surface area contributed by atoms with Gasteiger partial charge in [0.05, 0.1) is 11.9 Å². The number of nitrogens with zero attached hydrogens (tertiary/aromatic N) is 2. The summed E-state index contributed by atoms with van der Waals surface area (Å²) in [5, 5.41) is 2.66. The highest BCUT2D eigenvalue weighted by molar-refractivity contribution is 6.02. The Morgan fingerprint density at radius 1 is 1.17 bits per heavy atom. The number of hydrazine groups is 1. The third kappa shape index (κ3) is 2.80. The fourth-order valence-corrected chi connectivity index (χ4v) is 1.34. The van der Waals surface area contributed by atoms with Crippen LogP contribution >= 0.6 is 0 Å². The van der Waals surface area contributed by atoms with Crippen molar-refractivity contribution >= 4 is 17.4 Å². The van der Waals surface area contributed by atoms with Crippen molar-refractivity contribution < 1.29 is 4.79 Å². The van der Waals surface area contributed by atoms with Crippen molar-refractivity contribution in [2.45, 2.75) is 6.92 Å². The number of amides is 1. The van der Waals surface area contributed by atoms with Gasteiger partial charge in [-0.3, -0.25) is 10.6 Å². The van der Waals surface area contributed by atoms with Gasteiger partial charge >= 0.3 is 0 Å². The molecule has 1 amide bonds. The topological polar surface area (TPSA) is 92.9 Å². The molecule has 0 saturated heterocycles. The number of anilines is 2. The van der Waals surface area contributed by atoms with E-state index in [1.807, 2.05) is 13.0 Å². The quantitative estimate of drug-likeness (QED) is 0.558. The van der Waals surface area contributed by atoms with Crippen LogP contribution in [0.1, 0.15) is 16.1 Å². The van der Waals surface area contributed by atoms with E-state index in [4.69, 9.17) is 5.84 Å². The summed E-state index contributed by atoms with van der Waals surface area (Å²) in [6, 6.07) is 6.86.